The van der Waals surface area contributed by atoms with Crippen molar-refractivity contribution in [3.05, 3.63) is 35.7 Å². The van der Waals surface area contributed by atoms with E-state index in [-0.39, 0.29) is 11.8 Å². The Bertz CT molecular complexity index is 768. The van der Waals surface area contributed by atoms with Crippen LogP contribution in [0.2, 0.25) is 0 Å². The molecule has 27 heavy (non-hydrogen) atoms. The van der Waals surface area contributed by atoms with Crippen molar-refractivity contribution in [1.29, 1.82) is 0 Å². The van der Waals surface area contributed by atoms with E-state index in [1.165, 1.54) is 5.56 Å². The number of nitrogens with zero attached hydrogens (tertiary/aromatic N) is 4. The number of morpholine rings is 1. The second-order valence-electron chi connectivity index (χ2n) is 7.39. The first-order chi connectivity index (χ1) is 13.2. The Morgan fingerprint density at radius 3 is 2.74 bits per heavy atom. The lowest BCUT2D eigenvalue weighted by atomic mass is 9.96. The minimum absolute atomic E-state index is 0.0522. The van der Waals surface area contributed by atoms with Gasteiger partial charge in [0.05, 0.1) is 25.7 Å². The van der Waals surface area contributed by atoms with Crippen LogP contribution in [0.1, 0.15) is 24.3 Å². The third kappa shape index (κ3) is 4.36. The average molecular weight is 370 g/mol. The highest BCUT2D eigenvalue weighted by molar-refractivity contribution is 5.79. The van der Waals surface area contributed by atoms with Crippen LogP contribution in [0, 0.1) is 12.8 Å². The number of likely N-dealkylation sites (tertiary alicyclic amines) is 1. The van der Waals surface area contributed by atoms with Crippen molar-refractivity contribution in [1.82, 2.24) is 19.9 Å². The fourth-order valence-electron chi connectivity index (χ4n) is 3.77. The molecule has 1 amide bonds. The molecule has 0 radical (unpaired) electrons. The molecule has 4 rings (SSSR count). The molecule has 7 heteroatoms. The summed E-state index contributed by atoms with van der Waals surface area (Å²) < 4.78 is 10.8. The van der Waals surface area contributed by atoms with Gasteiger partial charge in [-0.05, 0) is 26.3 Å². The van der Waals surface area contributed by atoms with Crippen LogP contribution in [0.15, 0.2) is 28.8 Å². The Hall–Kier alpha value is -2.25. The largest absolute Gasteiger partial charge is 0.378 e. The highest BCUT2D eigenvalue weighted by Crippen LogP contribution is 2.22. The summed E-state index contributed by atoms with van der Waals surface area (Å²) in [5.74, 6) is 1.53. The van der Waals surface area contributed by atoms with Crippen LogP contribution in [0.5, 0.6) is 0 Å². The van der Waals surface area contributed by atoms with E-state index in [0.29, 0.717) is 44.6 Å². The number of amides is 1. The molecule has 3 heterocycles. The van der Waals surface area contributed by atoms with Crippen LogP contribution in [-0.2, 0) is 16.1 Å². The quantitative estimate of drug-likeness (QED) is 0.821. The zero-order valence-corrected chi connectivity index (χ0v) is 15.8. The van der Waals surface area contributed by atoms with E-state index in [1.807, 2.05) is 29.2 Å². The molecule has 2 aliphatic rings. The first kappa shape index (κ1) is 18.1. The Morgan fingerprint density at radius 1 is 1.19 bits per heavy atom. The molecule has 2 fully saturated rings. The molecule has 2 saturated heterocycles. The molecule has 0 aliphatic carbocycles. The second-order valence-corrected chi connectivity index (χ2v) is 7.39. The van der Waals surface area contributed by atoms with Gasteiger partial charge in [-0.25, -0.2) is 0 Å². The lowest BCUT2D eigenvalue weighted by Gasteiger charge is -2.35. The molecule has 0 N–H and O–H groups in total. The maximum absolute atomic E-state index is 12.8. The van der Waals surface area contributed by atoms with Crippen molar-refractivity contribution in [3.8, 4) is 11.4 Å². The Balaban J connectivity index is 1.36. The normalized spacial score (nSPS) is 21.4. The second kappa shape index (κ2) is 8.19. The summed E-state index contributed by atoms with van der Waals surface area (Å²) in [6.07, 6.45) is 1.96. The van der Waals surface area contributed by atoms with E-state index in [9.17, 15) is 4.79 Å². The molecule has 0 spiro atoms. The van der Waals surface area contributed by atoms with Crippen LogP contribution >= 0.6 is 0 Å². The number of aryl methyl sites for hydroxylation is 1. The molecular formula is C20H26N4O3. The van der Waals surface area contributed by atoms with Gasteiger partial charge in [-0.1, -0.05) is 35.0 Å². The third-order valence-corrected chi connectivity index (χ3v) is 5.31. The van der Waals surface area contributed by atoms with Crippen molar-refractivity contribution in [2.45, 2.75) is 26.3 Å². The summed E-state index contributed by atoms with van der Waals surface area (Å²) in [7, 11) is 0. The first-order valence-electron chi connectivity index (χ1n) is 9.67. The highest BCUT2D eigenvalue weighted by Gasteiger charge is 2.30. The van der Waals surface area contributed by atoms with Crippen molar-refractivity contribution in [2.75, 3.05) is 39.4 Å². The van der Waals surface area contributed by atoms with Gasteiger partial charge in [0, 0.05) is 25.2 Å². The Morgan fingerprint density at radius 2 is 1.96 bits per heavy atom. The van der Waals surface area contributed by atoms with Gasteiger partial charge >= 0.3 is 0 Å². The number of hydrogen-bond acceptors (Lipinski definition) is 6. The number of carbonyl (C=O) groups excluding carboxylic acids is 1. The monoisotopic (exact) mass is 370 g/mol. The Labute approximate surface area is 159 Å². The smallest absolute Gasteiger partial charge is 0.241 e. The lowest BCUT2D eigenvalue weighted by molar-refractivity contribution is -0.141. The number of hydrogen-bond donors (Lipinski definition) is 0. The zero-order chi connectivity index (χ0) is 18.6. The number of piperidine rings is 1. The van der Waals surface area contributed by atoms with E-state index >= 15 is 0 Å². The number of aromatic nitrogens is 2. The average Bonchev–Trinajstić information content (AvgIpc) is 3.17. The summed E-state index contributed by atoms with van der Waals surface area (Å²) in [6, 6.07) is 8.08. The Kier molecular flexibility index (Phi) is 5.50. The van der Waals surface area contributed by atoms with Gasteiger partial charge in [-0.3, -0.25) is 9.69 Å². The molecule has 1 atom stereocenters. The van der Waals surface area contributed by atoms with Crippen LogP contribution < -0.4 is 0 Å². The van der Waals surface area contributed by atoms with E-state index < -0.39 is 0 Å². The van der Waals surface area contributed by atoms with Gasteiger partial charge in [0.25, 0.3) is 0 Å². The van der Waals surface area contributed by atoms with Crippen molar-refractivity contribution < 1.29 is 14.1 Å². The fraction of sp³-hybridized carbons (Fsp3) is 0.550. The number of rotatable bonds is 4. The standard InChI is InChI=1S/C20H26N4O3/c1-15-4-6-16(7-5-15)19-21-18(27-22-19)14-23-8-2-3-17(13-23)20(25)24-9-11-26-12-10-24/h4-7,17H,2-3,8-14H2,1H3. The maximum atomic E-state index is 12.8. The van der Waals surface area contributed by atoms with Crippen molar-refractivity contribution >= 4 is 5.91 Å². The molecule has 1 aromatic carbocycles. The van der Waals surface area contributed by atoms with Crippen LogP contribution in [0.3, 0.4) is 0 Å². The van der Waals surface area contributed by atoms with Gasteiger partial charge in [0.1, 0.15) is 0 Å². The summed E-state index contributed by atoms with van der Waals surface area (Å²) in [5.41, 5.74) is 2.15. The van der Waals surface area contributed by atoms with Crippen LogP contribution in [0.25, 0.3) is 11.4 Å². The van der Waals surface area contributed by atoms with Crippen LogP contribution in [0.4, 0.5) is 0 Å². The predicted octanol–water partition coefficient (Wildman–Crippen LogP) is 2.12. The molecule has 2 aliphatic heterocycles. The molecule has 144 valence electrons. The van der Waals surface area contributed by atoms with Gasteiger partial charge in [0.2, 0.25) is 17.6 Å². The van der Waals surface area contributed by atoms with Crippen LogP contribution in [-0.4, -0.2) is 65.2 Å². The lowest BCUT2D eigenvalue weighted by Crippen LogP contribution is -2.48. The van der Waals surface area contributed by atoms with Gasteiger partial charge in [0.15, 0.2) is 0 Å². The van der Waals surface area contributed by atoms with Crippen molar-refractivity contribution in [3.63, 3.8) is 0 Å². The molecular weight excluding hydrogens is 344 g/mol. The molecule has 7 nitrogen and oxygen atoms in total. The fourth-order valence-corrected chi connectivity index (χ4v) is 3.77. The third-order valence-electron chi connectivity index (χ3n) is 5.31. The molecule has 0 bridgehead atoms. The minimum Gasteiger partial charge on any atom is -0.378 e. The zero-order valence-electron chi connectivity index (χ0n) is 15.8. The molecule has 1 aromatic heterocycles. The van der Waals surface area contributed by atoms with E-state index in [0.717, 1.165) is 31.5 Å². The number of carbonyl (C=O) groups is 1. The predicted molar refractivity (Wildman–Crippen MR) is 99.9 cm³/mol. The highest BCUT2D eigenvalue weighted by atomic mass is 16.5. The van der Waals surface area contributed by atoms with Gasteiger partial charge < -0.3 is 14.2 Å². The van der Waals surface area contributed by atoms with E-state index in [2.05, 4.69) is 22.0 Å². The first-order valence-corrected chi connectivity index (χ1v) is 9.67. The molecule has 0 saturated carbocycles. The minimum atomic E-state index is 0.0522. The van der Waals surface area contributed by atoms with E-state index in [1.54, 1.807) is 0 Å². The SMILES string of the molecule is Cc1ccc(-c2noc(CN3CCCC(C(=O)N4CCOCC4)C3)n2)cc1. The summed E-state index contributed by atoms with van der Waals surface area (Å²) in [5, 5.41) is 4.11. The number of benzene rings is 1. The van der Waals surface area contributed by atoms with Gasteiger partial charge in [-0.2, -0.15) is 4.98 Å². The maximum Gasteiger partial charge on any atom is 0.241 e. The van der Waals surface area contributed by atoms with E-state index in [4.69, 9.17) is 9.26 Å². The molecule has 2 aromatic rings. The summed E-state index contributed by atoms with van der Waals surface area (Å²) in [6.45, 7) is 7.05. The summed E-state index contributed by atoms with van der Waals surface area (Å²) >= 11 is 0. The topological polar surface area (TPSA) is 71.7 Å². The number of ether oxygens (including phenoxy) is 1. The summed E-state index contributed by atoms with van der Waals surface area (Å²) in [4.78, 5) is 21.5. The van der Waals surface area contributed by atoms with Crippen molar-refractivity contribution in [2.24, 2.45) is 5.92 Å². The molecule has 1 unspecified atom stereocenters. The van der Waals surface area contributed by atoms with Gasteiger partial charge in [-0.15, -0.1) is 0 Å².